The minimum atomic E-state index is -4.39. The molecule has 1 amide bonds. The van der Waals surface area contributed by atoms with Gasteiger partial charge >= 0.3 is 6.18 Å². The van der Waals surface area contributed by atoms with E-state index in [-0.39, 0.29) is 12.5 Å². The fourth-order valence-corrected chi connectivity index (χ4v) is 3.88. The molecule has 0 saturated carbocycles. The summed E-state index contributed by atoms with van der Waals surface area (Å²) in [4.78, 5) is 20.8. The van der Waals surface area contributed by atoms with Crippen LogP contribution in [0.4, 0.5) is 24.7 Å². The number of pyridine rings is 1. The Bertz CT molecular complexity index is 861. The fourth-order valence-electron chi connectivity index (χ4n) is 3.88. The van der Waals surface area contributed by atoms with Gasteiger partial charge in [0.05, 0.1) is 12.1 Å². The molecule has 0 bridgehead atoms. The summed E-state index contributed by atoms with van der Waals surface area (Å²) in [6.45, 7) is 7.13. The molecule has 0 atom stereocenters. The smallest absolute Gasteiger partial charge is 0.355 e. The maximum absolute atomic E-state index is 12.8. The zero-order chi connectivity index (χ0) is 22.4. The van der Waals surface area contributed by atoms with E-state index in [1.54, 1.807) is 0 Å². The van der Waals surface area contributed by atoms with E-state index in [1.807, 2.05) is 23.1 Å². The number of rotatable bonds is 6. The van der Waals surface area contributed by atoms with E-state index < -0.39 is 11.7 Å². The summed E-state index contributed by atoms with van der Waals surface area (Å²) in [5.41, 5.74) is 2.43. The Morgan fingerprint density at radius 3 is 2.32 bits per heavy atom. The molecule has 1 fully saturated rings. The van der Waals surface area contributed by atoms with Crippen LogP contribution in [0.2, 0.25) is 0 Å². The molecular weight excluding hydrogens is 405 g/mol. The second-order valence-electron chi connectivity index (χ2n) is 7.73. The zero-order valence-corrected chi connectivity index (χ0v) is 18.0. The first-order valence-corrected chi connectivity index (χ1v) is 10.7. The predicted molar refractivity (Wildman–Crippen MR) is 116 cm³/mol. The monoisotopic (exact) mass is 434 g/mol. The maximum atomic E-state index is 12.8. The summed E-state index contributed by atoms with van der Waals surface area (Å²) in [5.74, 6) is 0.487. The second-order valence-corrected chi connectivity index (χ2v) is 7.73. The van der Waals surface area contributed by atoms with Gasteiger partial charge in [-0.15, -0.1) is 0 Å². The standard InChI is InChI=1S/C23H29F3N4O/c1-3-17-7-5-8-18(4-2)22(17)28-21(31)16-29-11-6-12-30(14-13-29)20-10-9-19(15-27-20)23(24,25)26/h5,7-10,15H,3-4,6,11-14,16H2,1-2H3,(H,28,31). The number of anilines is 2. The summed E-state index contributed by atoms with van der Waals surface area (Å²) < 4.78 is 38.3. The third-order valence-corrected chi connectivity index (χ3v) is 5.62. The third kappa shape index (κ3) is 5.97. The molecule has 8 heteroatoms. The van der Waals surface area contributed by atoms with Gasteiger partial charge in [-0.3, -0.25) is 9.69 Å². The quantitative estimate of drug-likeness (QED) is 0.733. The van der Waals surface area contributed by atoms with Gasteiger partial charge in [0.25, 0.3) is 0 Å². The van der Waals surface area contributed by atoms with Crippen molar-refractivity contribution in [2.24, 2.45) is 0 Å². The lowest BCUT2D eigenvalue weighted by Gasteiger charge is -2.23. The van der Waals surface area contributed by atoms with Gasteiger partial charge in [-0.1, -0.05) is 32.0 Å². The Morgan fingerprint density at radius 2 is 1.74 bits per heavy atom. The Kier molecular flexibility index (Phi) is 7.54. The first kappa shape index (κ1) is 23.1. The highest BCUT2D eigenvalue weighted by atomic mass is 19.4. The molecule has 0 unspecified atom stereocenters. The molecule has 1 saturated heterocycles. The predicted octanol–water partition coefficient (Wildman–Crippen LogP) is 4.38. The van der Waals surface area contributed by atoms with E-state index in [4.69, 9.17) is 0 Å². The molecule has 2 aromatic rings. The summed E-state index contributed by atoms with van der Waals surface area (Å²) >= 11 is 0. The Morgan fingerprint density at radius 1 is 1.03 bits per heavy atom. The molecule has 1 aromatic heterocycles. The average molecular weight is 435 g/mol. The van der Waals surface area contributed by atoms with E-state index in [0.717, 1.165) is 54.9 Å². The first-order chi connectivity index (χ1) is 14.8. The van der Waals surface area contributed by atoms with Gasteiger partial charge in [0, 0.05) is 38.1 Å². The van der Waals surface area contributed by atoms with Crippen LogP contribution in [0.5, 0.6) is 0 Å². The number of nitrogens with zero attached hydrogens (tertiary/aromatic N) is 3. The number of alkyl halides is 3. The molecule has 0 spiro atoms. The highest BCUT2D eigenvalue weighted by molar-refractivity contribution is 5.93. The van der Waals surface area contributed by atoms with Crippen molar-refractivity contribution in [2.75, 3.05) is 42.9 Å². The van der Waals surface area contributed by atoms with Crippen molar-refractivity contribution in [3.63, 3.8) is 0 Å². The van der Waals surface area contributed by atoms with E-state index in [1.165, 1.54) is 6.07 Å². The number of aryl methyl sites for hydroxylation is 2. The van der Waals surface area contributed by atoms with E-state index in [2.05, 4.69) is 29.0 Å². The van der Waals surface area contributed by atoms with Crippen molar-refractivity contribution in [3.05, 3.63) is 53.2 Å². The van der Waals surface area contributed by atoms with Gasteiger partial charge in [-0.05, 0) is 42.5 Å². The number of halogens is 3. The van der Waals surface area contributed by atoms with Gasteiger partial charge in [0.2, 0.25) is 5.91 Å². The third-order valence-electron chi connectivity index (χ3n) is 5.62. The minimum Gasteiger partial charge on any atom is -0.355 e. The van der Waals surface area contributed by atoms with Gasteiger partial charge < -0.3 is 10.2 Å². The van der Waals surface area contributed by atoms with Gasteiger partial charge in [-0.25, -0.2) is 4.98 Å². The van der Waals surface area contributed by atoms with Crippen molar-refractivity contribution in [1.29, 1.82) is 0 Å². The summed E-state index contributed by atoms with van der Waals surface area (Å²) in [5, 5.41) is 3.10. The van der Waals surface area contributed by atoms with Crippen molar-refractivity contribution in [1.82, 2.24) is 9.88 Å². The van der Waals surface area contributed by atoms with Crippen LogP contribution in [0.15, 0.2) is 36.5 Å². The molecule has 1 aromatic carbocycles. The number of hydrogen-bond donors (Lipinski definition) is 1. The number of benzene rings is 1. The SMILES string of the molecule is CCc1cccc(CC)c1NC(=O)CN1CCCN(c2ccc(C(F)(F)F)cn2)CC1. The highest BCUT2D eigenvalue weighted by Crippen LogP contribution is 2.29. The number of carbonyl (C=O) groups excluding carboxylic acids is 1. The maximum Gasteiger partial charge on any atom is 0.417 e. The van der Waals surface area contributed by atoms with Crippen LogP contribution in [0.3, 0.4) is 0 Å². The van der Waals surface area contributed by atoms with Crippen molar-refractivity contribution >= 4 is 17.4 Å². The highest BCUT2D eigenvalue weighted by Gasteiger charge is 2.31. The fraction of sp³-hybridized carbons (Fsp3) is 0.478. The van der Waals surface area contributed by atoms with Crippen LogP contribution in [0.25, 0.3) is 0 Å². The van der Waals surface area contributed by atoms with Crippen LogP contribution in [-0.4, -0.2) is 48.5 Å². The van der Waals surface area contributed by atoms with E-state index in [0.29, 0.717) is 25.5 Å². The number of nitrogens with one attached hydrogen (secondary N) is 1. The number of carbonyl (C=O) groups is 1. The Hall–Kier alpha value is -2.61. The van der Waals surface area contributed by atoms with Crippen LogP contribution < -0.4 is 10.2 Å². The number of amides is 1. The molecule has 0 aliphatic carbocycles. The van der Waals surface area contributed by atoms with Crippen LogP contribution in [0.1, 0.15) is 37.0 Å². The molecule has 5 nitrogen and oxygen atoms in total. The summed E-state index contributed by atoms with van der Waals surface area (Å²) in [7, 11) is 0. The first-order valence-electron chi connectivity index (χ1n) is 10.7. The van der Waals surface area contributed by atoms with E-state index in [9.17, 15) is 18.0 Å². The molecular formula is C23H29F3N4O. The van der Waals surface area contributed by atoms with E-state index >= 15 is 0 Å². The zero-order valence-electron chi connectivity index (χ0n) is 18.0. The number of aromatic nitrogens is 1. The van der Waals surface area contributed by atoms with Crippen LogP contribution in [-0.2, 0) is 23.8 Å². The largest absolute Gasteiger partial charge is 0.417 e. The van der Waals surface area contributed by atoms with Gasteiger partial charge in [0.15, 0.2) is 0 Å². The molecule has 168 valence electrons. The molecule has 2 heterocycles. The van der Waals surface area contributed by atoms with Crippen molar-refractivity contribution < 1.29 is 18.0 Å². The van der Waals surface area contributed by atoms with Crippen LogP contribution in [0, 0.1) is 0 Å². The number of hydrogen-bond acceptors (Lipinski definition) is 4. The second kappa shape index (κ2) is 10.1. The average Bonchev–Trinajstić information content (AvgIpc) is 2.99. The molecule has 0 radical (unpaired) electrons. The Labute approximate surface area is 181 Å². The minimum absolute atomic E-state index is 0.0447. The summed E-state index contributed by atoms with van der Waals surface area (Å²) in [6, 6.07) is 8.57. The molecule has 1 aliphatic heterocycles. The van der Waals surface area contributed by atoms with Crippen molar-refractivity contribution in [3.8, 4) is 0 Å². The molecule has 1 N–H and O–H groups in total. The topological polar surface area (TPSA) is 48.5 Å². The van der Waals surface area contributed by atoms with Crippen molar-refractivity contribution in [2.45, 2.75) is 39.3 Å². The molecule has 1 aliphatic rings. The molecule has 31 heavy (non-hydrogen) atoms. The number of para-hydroxylation sites is 1. The summed E-state index contributed by atoms with van der Waals surface area (Å²) in [6.07, 6.45) is -1.00. The van der Waals surface area contributed by atoms with Gasteiger partial charge in [0.1, 0.15) is 5.82 Å². The Balaban J connectivity index is 1.59. The van der Waals surface area contributed by atoms with Crippen LogP contribution >= 0.6 is 0 Å². The molecule has 3 rings (SSSR count). The lowest BCUT2D eigenvalue weighted by molar-refractivity contribution is -0.137. The lowest BCUT2D eigenvalue weighted by Crippen LogP contribution is -2.36. The van der Waals surface area contributed by atoms with Gasteiger partial charge in [-0.2, -0.15) is 13.2 Å². The normalized spacial score (nSPS) is 15.6. The lowest BCUT2D eigenvalue weighted by atomic mass is 10.0.